The number of aryl methyl sites for hydroxylation is 1. The van der Waals surface area contributed by atoms with Crippen molar-refractivity contribution in [1.29, 1.82) is 0 Å². The lowest BCUT2D eigenvalue weighted by molar-refractivity contribution is -0.123. The lowest BCUT2D eigenvalue weighted by Crippen LogP contribution is -2.48. The molecular formula is C29H41N3O4S. The summed E-state index contributed by atoms with van der Waals surface area (Å²) >= 11 is 0. The van der Waals surface area contributed by atoms with Gasteiger partial charge in [0.1, 0.15) is 5.75 Å². The minimum absolute atomic E-state index is 0.00712. The Morgan fingerprint density at radius 3 is 2.57 bits per heavy atom. The van der Waals surface area contributed by atoms with Crippen molar-refractivity contribution in [1.82, 2.24) is 10.2 Å². The SMILES string of the molecule is Cc1cc(N(C)C(=O)C2CCC(Oc3cccc(CS(C)(=O)=O)c3)CC2)ccc1CN1CCN[C@@H](C)C1. The maximum absolute atomic E-state index is 13.3. The van der Waals surface area contributed by atoms with Gasteiger partial charge in [-0.05, 0) is 80.5 Å². The summed E-state index contributed by atoms with van der Waals surface area (Å²) in [5, 5.41) is 3.49. The van der Waals surface area contributed by atoms with E-state index >= 15 is 0 Å². The monoisotopic (exact) mass is 527 g/mol. The lowest BCUT2D eigenvalue weighted by atomic mass is 9.86. The number of ether oxygens (including phenoxy) is 1. The van der Waals surface area contributed by atoms with Gasteiger partial charge in [0.05, 0.1) is 11.9 Å². The van der Waals surface area contributed by atoms with E-state index in [1.807, 2.05) is 24.1 Å². The molecule has 0 unspecified atom stereocenters. The van der Waals surface area contributed by atoms with Gasteiger partial charge < -0.3 is 15.0 Å². The van der Waals surface area contributed by atoms with E-state index in [0.717, 1.165) is 63.1 Å². The highest BCUT2D eigenvalue weighted by Crippen LogP contribution is 2.31. The second-order valence-electron chi connectivity index (χ2n) is 10.9. The second-order valence-corrected chi connectivity index (χ2v) is 13.0. The van der Waals surface area contributed by atoms with Gasteiger partial charge in [-0.2, -0.15) is 0 Å². The summed E-state index contributed by atoms with van der Waals surface area (Å²) < 4.78 is 29.4. The average molecular weight is 528 g/mol. The molecule has 1 N–H and O–H groups in total. The summed E-state index contributed by atoms with van der Waals surface area (Å²) in [4.78, 5) is 17.6. The zero-order valence-corrected chi connectivity index (χ0v) is 23.4. The van der Waals surface area contributed by atoms with Crippen LogP contribution in [-0.2, 0) is 26.9 Å². The number of rotatable bonds is 8. The molecule has 0 bridgehead atoms. The fourth-order valence-electron chi connectivity index (χ4n) is 5.50. The third-order valence-corrected chi connectivity index (χ3v) is 8.40. The maximum Gasteiger partial charge on any atom is 0.229 e. The Hall–Kier alpha value is -2.42. The van der Waals surface area contributed by atoms with Gasteiger partial charge in [-0.3, -0.25) is 9.69 Å². The van der Waals surface area contributed by atoms with Crippen LogP contribution >= 0.6 is 0 Å². The predicted octanol–water partition coefficient (Wildman–Crippen LogP) is 3.93. The number of benzene rings is 2. The Morgan fingerprint density at radius 1 is 1.14 bits per heavy atom. The molecule has 37 heavy (non-hydrogen) atoms. The van der Waals surface area contributed by atoms with Gasteiger partial charge in [0.15, 0.2) is 9.84 Å². The second kappa shape index (κ2) is 12.0. The van der Waals surface area contributed by atoms with E-state index in [4.69, 9.17) is 4.74 Å². The molecule has 0 aromatic heterocycles. The van der Waals surface area contributed by atoms with Crippen LogP contribution in [0.2, 0.25) is 0 Å². The van der Waals surface area contributed by atoms with Gasteiger partial charge >= 0.3 is 0 Å². The normalized spacial score (nSPS) is 23.0. The first-order chi connectivity index (χ1) is 17.6. The molecule has 1 atom stereocenters. The number of carbonyl (C=O) groups excluding carboxylic acids is 1. The van der Waals surface area contributed by atoms with E-state index in [1.54, 1.807) is 12.1 Å². The molecule has 1 saturated heterocycles. The van der Waals surface area contributed by atoms with E-state index in [0.29, 0.717) is 11.8 Å². The summed E-state index contributed by atoms with van der Waals surface area (Å²) in [5.74, 6) is 0.854. The van der Waals surface area contributed by atoms with Crippen molar-refractivity contribution in [3.63, 3.8) is 0 Å². The predicted molar refractivity (Wildman–Crippen MR) is 149 cm³/mol. The molecule has 4 rings (SSSR count). The van der Waals surface area contributed by atoms with Crippen LogP contribution in [0.1, 0.15) is 49.3 Å². The van der Waals surface area contributed by atoms with E-state index in [-0.39, 0.29) is 23.7 Å². The summed E-state index contributed by atoms with van der Waals surface area (Å²) in [6.07, 6.45) is 4.46. The quantitative estimate of drug-likeness (QED) is 0.560. The van der Waals surface area contributed by atoms with Gasteiger partial charge in [0.2, 0.25) is 5.91 Å². The number of nitrogens with zero attached hydrogens (tertiary/aromatic N) is 2. The molecule has 2 fully saturated rings. The summed E-state index contributed by atoms with van der Waals surface area (Å²) in [5.41, 5.74) is 4.21. The van der Waals surface area contributed by atoms with Crippen molar-refractivity contribution < 1.29 is 17.9 Å². The molecule has 8 heteroatoms. The van der Waals surface area contributed by atoms with Crippen molar-refractivity contribution in [3.8, 4) is 5.75 Å². The number of hydrogen-bond acceptors (Lipinski definition) is 6. The molecule has 1 saturated carbocycles. The van der Waals surface area contributed by atoms with Gasteiger partial charge in [-0.25, -0.2) is 8.42 Å². The van der Waals surface area contributed by atoms with Crippen molar-refractivity contribution in [2.75, 3.05) is 37.8 Å². The Bertz CT molecular complexity index is 1190. The molecule has 7 nitrogen and oxygen atoms in total. The Labute approximate surface area is 222 Å². The van der Waals surface area contributed by atoms with Gasteiger partial charge in [-0.15, -0.1) is 0 Å². The first-order valence-corrected chi connectivity index (χ1v) is 15.4. The van der Waals surface area contributed by atoms with Crippen LogP contribution < -0.4 is 15.0 Å². The van der Waals surface area contributed by atoms with Crippen LogP contribution in [0.15, 0.2) is 42.5 Å². The van der Waals surface area contributed by atoms with Gasteiger partial charge in [0.25, 0.3) is 0 Å². The number of sulfone groups is 1. The smallest absolute Gasteiger partial charge is 0.229 e. The van der Waals surface area contributed by atoms with Crippen molar-refractivity contribution in [2.45, 2.75) is 64.0 Å². The van der Waals surface area contributed by atoms with Crippen molar-refractivity contribution >= 4 is 21.4 Å². The zero-order chi connectivity index (χ0) is 26.6. The zero-order valence-electron chi connectivity index (χ0n) is 22.6. The Kier molecular flexibility index (Phi) is 8.93. The molecule has 2 aromatic carbocycles. The van der Waals surface area contributed by atoms with E-state index in [9.17, 15) is 13.2 Å². The lowest BCUT2D eigenvalue weighted by Gasteiger charge is -2.32. The number of amides is 1. The molecule has 2 aliphatic rings. The van der Waals surface area contributed by atoms with E-state index in [2.05, 4.69) is 42.3 Å². The van der Waals surface area contributed by atoms with Crippen LogP contribution in [0, 0.1) is 12.8 Å². The average Bonchev–Trinajstić information content (AvgIpc) is 2.84. The fourth-order valence-corrected chi connectivity index (χ4v) is 6.28. The largest absolute Gasteiger partial charge is 0.490 e. The highest BCUT2D eigenvalue weighted by Gasteiger charge is 2.30. The Morgan fingerprint density at radius 2 is 1.89 bits per heavy atom. The number of hydrogen-bond donors (Lipinski definition) is 1. The third-order valence-electron chi connectivity index (χ3n) is 7.54. The fraction of sp³-hybridized carbons (Fsp3) is 0.552. The minimum atomic E-state index is -3.09. The minimum Gasteiger partial charge on any atom is -0.490 e. The van der Waals surface area contributed by atoms with Crippen molar-refractivity contribution in [3.05, 3.63) is 59.2 Å². The van der Waals surface area contributed by atoms with Crippen LogP contribution in [0.25, 0.3) is 0 Å². The molecule has 1 aliphatic heterocycles. The first-order valence-electron chi connectivity index (χ1n) is 13.3. The molecule has 2 aromatic rings. The number of carbonyl (C=O) groups is 1. The van der Waals surface area contributed by atoms with Gasteiger partial charge in [-0.1, -0.05) is 18.2 Å². The first kappa shape index (κ1) is 27.6. The van der Waals surface area contributed by atoms with Crippen LogP contribution in [0.4, 0.5) is 5.69 Å². The van der Waals surface area contributed by atoms with E-state index in [1.165, 1.54) is 17.4 Å². The summed E-state index contributed by atoms with van der Waals surface area (Å²) in [6.45, 7) is 8.44. The molecule has 202 valence electrons. The molecule has 1 aliphatic carbocycles. The molecule has 1 heterocycles. The molecule has 0 radical (unpaired) electrons. The molecular weight excluding hydrogens is 486 g/mol. The summed E-state index contributed by atoms with van der Waals surface area (Å²) in [7, 11) is -1.21. The standard InChI is InChI=1S/C29H41N3O4S/c1-21-16-26(11-8-25(21)19-32-15-14-30-22(2)18-32)31(3)29(33)24-9-12-27(13-10-24)36-28-7-5-6-23(17-28)20-37(4,34)35/h5-8,11,16-17,22,24,27,30H,9-10,12-15,18-20H2,1-4H3/t22-,24?,27?/m0/s1. The molecule has 0 spiro atoms. The van der Waals surface area contributed by atoms with Crippen LogP contribution in [0.3, 0.4) is 0 Å². The van der Waals surface area contributed by atoms with Crippen LogP contribution in [0.5, 0.6) is 5.75 Å². The molecule has 1 amide bonds. The summed E-state index contributed by atoms with van der Waals surface area (Å²) in [6, 6.07) is 14.2. The number of anilines is 1. The maximum atomic E-state index is 13.3. The van der Waals surface area contributed by atoms with Gasteiger partial charge in [0, 0.05) is 57.1 Å². The topological polar surface area (TPSA) is 79.0 Å². The number of nitrogens with one attached hydrogen (secondary N) is 1. The van der Waals surface area contributed by atoms with Crippen LogP contribution in [-0.4, -0.2) is 64.3 Å². The highest BCUT2D eigenvalue weighted by atomic mass is 32.2. The van der Waals surface area contributed by atoms with E-state index < -0.39 is 9.84 Å². The third kappa shape index (κ3) is 7.79. The Balaban J connectivity index is 1.30. The number of piperazine rings is 1. The van der Waals surface area contributed by atoms with Crippen molar-refractivity contribution in [2.24, 2.45) is 5.92 Å². The highest BCUT2D eigenvalue weighted by molar-refractivity contribution is 7.89.